The molecular formula is C19H24N4O4S. The lowest BCUT2D eigenvalue weighted by molar-refractivity contribution is 0.0592. The van der Waals surface area contributed by atoms with Crippen LogP contribution in [0.25, 0.3) is 0 Å². The Morgan fingerprint density at radius 2 is 1.82 bits per heavy atom. The highest BCUT2D eigenvalue weighted by Crippen LogP contribution is 2.20. The van der Waals surface area contributed by atoms with E-state index in [0.29, 0.717) is 23.7 Å². The molecule has 0 radical (unpaired) electrons. The van der Waals surface area contributed by atoms with Crippen molar-refractivity contribution in [1.82, 2.24) is 14.9 Å². The second kappa shape index (κ2) is 9.11. The number of hydrogen-bond donors (Lipinski definition) is 2. The molecule has 1 aliphatic carbocycles. The molecule has 8 nitrogen and oxygen atoms in total. The molecule has 0 saturated heterocycles. The Morgan fingerprint density at radius 1 is 1.11 bits per heavy atom. The smallest absolute Gasteiger partial charge is 0.358 e. The largest absolute Gasteiger partial charge is 0.464 e. The molecule has 0 bridgehead atoms. The standard InChI is InChI=1S/C19H24N4O4S/c1-27-19(24)17-10-11-18(22-21-17)20-13-12-14-6-8-16(9-7-14)28(25,26)23-15-4-2-3-5-15/h6-11,15,23H,2-5,12-13H2,1H3,(H,20,22). The lowest BCUT2D eigenvalue weighted by Crippen LogP contribution is -2.32. The Morgan fingerprint density at radius 3 is 2.43 bits per heavy atom. The number of anilines is 1. The fraction of sp³-hybridized carbons (Fsp3) is 0.421. The second-order valence-electron chi connectivity index (χ2n) is 6.72. The zero-order valence-electron chi connectivity index (χ0n) is 15.7. The first-order chi connectivity index (χ1) is 13.5. The third kappa shape index (κ3) is 5.26. The summed E-state index contributed by atoms with van der Waals surface area (Å²) in [5.41, 5.74) is 1.16. The van der Waals surface area contributed by atoms with Crippen LogP contribution >= 0.6 is 0 Å². The van der Waals surface area contributed by atoms with E-state index < -0.39 is 16.0 Å². The van der Waals surface area contributed by atoms with Crippen molar-refractivity contribution < 1.29 is 17.9 Å². The van der Waals surface area contributed by atoms with Gasteiger partial charge >= 0.3 is 5.97 Å². The normalized spacial score (nSPS) is 14.8. The first kappa shape index (κ1) is 20.2. The van der Waals surface area contributed by atoms with E-state index in [0.717, 1.165) is 31.2 Å². The minimum Gasteiger partial charge on any atom is -0.464 e. The van der Waals surface area contributed by atoms with Gasteiger partial charge in [-0.3, -0.25) is 0 Å². The SMILES string of the molecule is COC(=O)c1ccc(NCCc2ccc(S(=O)(=O)NC3CCCC3)cc2)nn1. The van der Waals surface area contributed by atoms with Crippen LogP contribution in [0.5, 0.6) is 0 Å². The summed E-state index contributed by atoms with van der Waals surface area (Å²) >= 11 is 0. The first-order valence-electron chi connectivity index (χ1n) is 9.25. The molecule has 0 atom stereocenters. The van der Waals surface area contributed by atoms with Crippen LogP contribution in [-0.4, -0.2) is 44.3 Å². The fourth-order valence-corrected chi connectivity index (χ4v) is 4.45. The van der Waals surface area contributed by atoms with Crippen molar-refractivity contribution in [3.8, 4) is 0 Å². The van der Waals surface area contributed by atoms with E-state index in [1.165, 1.54) is 13.2 Å². The van der Waals surface area contributed by atoms with Crippen molar-refractivity contribution >= 4 is 21.8 Å². The minimum atomic E-state index is -3.46. The Labute approximate surface area is 164 Å². The number of rotatable bonds is 8. The highest BCUT2D eigenvalue weighted by molar-refractivity contribution is 7.89. The average Bonchev–Trinajstić information content (AvgIpc) is 3.20. The Bertz CT molecular complexity index is 893. The summed E-state index contributed by atoms with van der Waals surface area (Å²) in [5, 5.41) is 10.8. The van der Waals surface area contributed by atoms with Crippen molar-refractivity contribution in [1.29, 1.82) is 0 Å². The summed E-state index contributed by atoms with van der Waals surface area (Å²) in [5.74, 6) is 0.0177. The molecule has 0 spiro atoms. The summed E-state index contributed by atoms with van der Waals surface area (Å²) in [7, 11) is -2.17. The van der Waals surface area contributed by atoms with Crippen molar-refractivity contribution in [2.45, 2.75) is 43.0 Å². The first-order valence-corrected chi connectivity index (χ1v) is 10.7. The van der Waals surface area contributed by atoms with E-state index in [1.54, 1.807) is 18.2 Å². The van der Waals surface area contributed by atoms with Gasteiger partial charge in [0.1, 0.15) is 5.82 Å². The number of esters is 1. The van der Waals surface area contributed by atoms with Gasteiger partial charge in [0, 0.05) is 12.6 Å². The van der Waals surface area contributed by atoms with Crippen LogP contribution in [0, 0.1) is 0 Å². The molecule has 1 saturated carbocycles. The molecular weight excluding hydrogens is 380 g/mol. The van der Waals surface area contributed by atoms with Crippen LogP contribution in [0.1, 0.15) is 41.7 Å². The number of benzene rings is 1. The molecule has 9 heteroatoms. The maximum absolute atomic E-state index is 12.4. The van der Waals surface area contributed by atoms with E-state index in [1.807, 2.05) is 12.1 Å². The molecule has 2 N–H and O–H groups in total. The Kier molecular flexibility index (Phi) is 6.58. The molecule has 0 aliphatic heterocycles. The molecule has 2 aromatic rings. The zero-order valence-corrected chi connectivity index (χ0v) is 16.5. The monoisotopic (exact) mass is 404 g/mol. The lowest BCUT2D eigenvalue weighted by Gasteiger charge is -2.13. The van der Waals surface area contributed by atoms with E-state index >= 15 is 0 Å². The van der Waals surface area contributed by atoms with Gasteiger partial charge in [-0.25, -0.2) is 17.9 Å². The number of nitrogens with zero attached hydrogens (tertiary/aromatic N) is 2. The quantitative estimate of drug-likeness (QED) is 0.649. The van der Waals surface area contributed by atoms with Crippen LogP contribution in [0.2, 0.25) is 0 Å². The van der Waals surface area contributed by atoms with Crippen LogP contribution in [0.3, 0.4) is 0 Å². The van der Waals surface area contributed by atoms with Gasteiger partial charge in [0.05, 0.1) is 12.0 Å². The number of nitrogens with one attached hydrogen (secondary N) is 2. The number of hydrogen-bond acceptors (Lipinski definition) is 7. The number of methoxy groups -OCH3 is 1. The molecule has 1 aromatic carbocycles. The Balaban J connectivity index is 1.51. The third-order valence-corrected chi connectivity index (χ3v) is 6.23. The van der Waals surface area contributed by atoms with Gasteiger partial charge in [0.15, 0.2) is 5.69 Å². The van der Waals surface area contributed by atoms with Crippen molar-refractivity contribution in [3.63, 3.8) is 0 Å². The van der Waals surface area contributed by atoms with Gasteiger partial charge in [-0.05, 0) is 49.1 Å². The molecule has 28 heavy (non-hydrogen) atoms. The van der Waals surface area contributed by atoms with Gasteiger partial charge in [0.2, 0.25) is 10.0 Å². The summed E-state index contributed by atoms with van der Waals surface area (Å²) in [6.45, 7) is 0.596. The van der Waals surface area contributed by atoms with Gasteiger partial charge in [-0.15, -0.1) is 10.2 Å². The van der Waals surface area contributed by atoms with E-state index in [4.69, 9.17) is 0 Å². The molecule has 1 aliphatic rings. The maximum Gasteiger partial charge on any atom is 0.358 e. The summed E-state index contributed by atoms with van der Waals surface area (Å²) < 4.78 is 32.2. The lowest BCUT2D eigenvalue weighted by atomic mass is 10.1. The minimum absolute atomic E-state index is 0.0561. The average molecular weight is 404 g/mol. The number of sulfonamides is 1. The van der Waals surface area contributed by atoms with Crippen molar-refractivity contribution in [2.75, 3.05) is 19.0 Å². The van der Waals surface area contributed by atoms with Crippen molar-refractivity contribution in [3.05, 3.63) is 47.7 Å². The second-order valence-corrected chi connectivity index (χ2v) is 8.43. The van der Waals surface area contributed by atoms with Gasteiger partial charge < -0.3 is 10.1 Å². The number of carbonyl (C=O) groups is 1. The number of ether oxygens (including phenoxy) is 1. The zero-order chi connectivity index (χ0) is 20.0. The molecule has 1 heterocycles. The van der Waals surface area contributed by atoms with Crippen LogP contribution in [0.15, 0.2) is 41.3 Å². The predicted octanol–water partition coefficient (Wildman–Crippen LogP) is 2.14. The van der Waals surface area contributed by atoms with Gasteiger partial charge in [-0.2, -0.15) is 0 Å². The molecule has 150 valence electrons. The summed E-state index contributed by atoms with van der Waals surface area (Å²) in [4.78, 5) is 11.6. The molecule has 1 fully saturated rings. The van der Waals surface area contributed by atoms with Crippen LogP contribution in [-0.2, 0) is 21.2 Å². The Hall–Kier alpha value is -2.52. The van der Waals surface area contributed by atoms with Crippen molar-refractivity contribution in [2.24, 2.45) is 0 Å². The fourth-order valence-electron chi connectivity index (χ4n) is 3.14. The number of carbonyl (C=O) groups excluding carboxylic acids is 1. The predicted molar refractivity (Wildman–Crippen MR) is 105 cm³/mol. The summed E-state index contributed by atoms with van der Waals surface area (Å²) in [6, 6.07) is 10.2. The van der Waals surface area contributed by atoms with Gasteiger partial charge in [0.25, 0.3) is 0 Å². The molecule has 0 unspecified atom stereocenters. The molecule has 3 rings (SSSR count). The summed E-state index contributed by atoms with van der Waals surface area (Å²) in [6.07, 6.45) is 4.67. The third-order valence-electron chi connectivity index (χ3n) is 4.69. The highest BCUT2D eigenvalue weighted by Gasteiger charge is 2.22. The van der Waals surface area contributed by atoms with E-state index in [-0.39, 0.29) is 11.7 Å². The maximum atomic E-state index is 12.4. The van der Waals surface area contributed by atoms with Crippen LogP contribution in [0.4, 0.5) is 5.82 Å². The number of aromatic nitrogens is 2. The van der Waals surface area contributed by atoms with Crippen LogP contribution < -0.4 is 10.0 Å². The topological polar surface area (TPSA) is 110 Å². The van der Waals surface area contributed by atoms with Gasteiger partial charge in [-0.1, -0.05) is 25.0 Å². The molecule has 0 amide bonds. The van der Waals surface area contributed by atoms with E-state index in [9.17, 15) is 13.2 Å². The highest BCUT2D eigenvalue weighted by atomic mass is 32.2. The molecule has 1 aromatic heterocycles. The van der Waals surface area contributed by atoms with E-state index in [2.05, 4.69) is 25.0 Å².